The van der Waals surface area contributed by atoms with E-state index in [9.17, 15) is 0 Å². The zero-order valence-electron chi connectivity index (χ0n) is 13.1. The molecular weight excluding hydrogens is 312 g/mol. The summed E-state index contributed by atoms with van der Waals surface area (Å²) in [5.74, 6) is 0. The zero-order valence-corrected chi connectivity index (χ0v) is 14.0. The lowest BCUT2D eigenvalue weighted by atomic mass is 9.98. The second-order valence-corrected chi connectivity index (χ2v) is 7.43. The molecule has 2 saturated heterocycles. The van der Waals surface area contributed by atoms with Crippen LogP contribution in [0.2, 0.25) is 0 Å². The third-order valence-electron chi connectivity index (χ3n) is 4.49. The standard InChI is InChI=1S/C16H20N4O2S/c1-12-18-19-15(23-12)20-6-4-16(11-20)7-14(10-22-16)21-9-13-3-2-5-17-8-13/h2-3,5,8,14H,4,6-7,9-11H2,1H3/t14-,16-/m0/s1. The number of hydrogen-bond acceptors (Lipinski definition) is 7. The van der Waals surface area contributed by atoms with E-state index in [1.54, 1.807) is 17.5 Å². The Kier molecular flexibility index (Phi) is 4.00. The first kappa shape index (κ1) is 15.0. The molecule has 2 aromatic rings. The van der Waals surface area contributed by atoms with Gasteiger partial charge >= 0.3 is 0 Å². The summed E-state index contributed by atoms with van der Waals surface area (Å²) in [6, 6.07) is 3.97. The van der Waals surface area contributed by atoms with E-state index in [4.69, 9.17) is 9.47 Å². The number of hydrogen-bond donors (Lipinski definition) is 0. The van der Waals surface area contributed by atoms with E-state index in [1.807, 2.05) is 25.3 Å². The molecule has 0 amide bonds. The van der Waals surface area contributed by atoms with Crippen LogP contribution < -0.4 is 4.90 Å². The molecule has 6 nitrogen and oxygen atoms in total. The molecule has 2 fully saturated rings. The first-order chi connectivity index (χ1) is 11.2. The maximum Gasteiger partial charge on any atom is 0.208 e. The molecule has 0 radical (unpaired) electrons. The predicted molar refractivity (Wildman–Crippen MR) is 87.6 cm³/mol. The third kappa shape index (κ3) is 3.22. The van der Waals surface area contributed by atoms with Crippen LogP contribution in [0.5, 0.6) is 0 Å². The second kappa shape index (κ2) is 6.14. The quantitative estimate of drug-likeness (QED) is 0.855. The summed E-state index contributed by atoms with van der Waals surface area (Å²) in [7, 11) is 0. The number of pyridine rings is 1. The van der Waals surface area contributed by atoms with Gasteiger partial charge in [-0.15, -0.1) is 10.2 Å². The molecule has 7 heteroatoms. The Morgan fingerprint density at radius 3 is 3.22 bits per heavy atom. The highest BCUT2D eigenvalue weighted by atomic mass is 32.1. The van der Waals surface area contributed by atoms with Crippen LogP contribution in [-0.2, 0) is 16.1 Å². The van der Waals surface area contributed by atoms with Gasteiger partial charge in [0.1, 0.15) is 5.01 Å². The molecule has 0 aromatic carbocycles. The van der Waals surface area contributed by atoms with Gasteiger partial charge in [0.2, 0.25) is 5.13 Å². The van der Waals surface area contributed by atoms with E-state index in [-0.39, 0.29) is 11.7 Å². The van der Waals surface area contributed by atoms with Crippen molar-refractivity contribution in [3.63, 3.8) is 0 Å². The number of rotatable bonds is 4. The van der Waals surface area contributed by atoms with Gasteiger partial charge in [-0.25, -0.2) is 0 Å². The fraction of sp³-hybridized carbons (Fsp3) is 0.562. The van der Waals surface area contributed by atoms with E-state index >= 15 is 0 Å². The highest BCUT2D eigenvalue weighted by Gasteiger charge is 2.46. The first-order valence-corrected chi connectivity index (χ1v) is 8.74. The van der Waals surface area contributed by atoms with Crippen molar-refractivity contribution < 1.29 is 9.47 Å². The Hall–Kier alpha value is -1.57. The Bertz CT molecular complexity index is 665. The van der Waals surface area contributed by atoms with E-state index in [0.717, 1.165) is 41.6 Å². The molecule has 0 aliphatic carbocycles. The van der Waals surface area contributed by atoms with Gasteiger partial charge in [0, 0.05) is 31.9 Å². The summed E-state index contributed by atoms with van der Waals surface area (Å²) in [6.07, 6.45) is 5.76. The number of aromatic nitrogens is 3. The van der Waals surface area contributed by atoms with Crippen molar-refractivity contribution >= 4 is 16.5 Å². The monoisotopic (exact) mass is 332 g/mol. The van der Waals surface area contributed by atoms with Crippen molar-refractivity contribution in [3.05, 3.63) is 35.1 Å². The van der Waals surface area contributed by atoms with Gasteiger partial charge < -0.3 is 14.4 Å². The molecule has 2 aliphatic rings. The van der Waals surface area contributed by atoms with Crippen LogP contribution >= 0.6 is 11.3 Å². The summed E-state index contributed by atoms with van der Waals surface area (Å²) in [5, 5.41) is 10.4. The van der Waals surface area contributed by atoms with Crippen molar-refractivity contribution in [2.24, 2.45) is 0 Å². The molecule has 23 heavy (non-hydrogen) atoms. The smallest absolute Gasteiger partial charge is 0.208 e. The SMILES string of the molecule is Cc1nnc(N2CC[C@]3(C[C@H](OCc4cccnc4)CO3)C2)s1. The van der Waals surface area contributed by atoms with Crippen LogP contribution in [0.4, 0.5) is 5.13 Å². The predicted octanol–water partition coefficient (Wildman–Crippen LogP) is 2.20. The van der Waals surface area contributed by atoms with E-state index < -0.39 is 0 Å². The molecule has 2 atom stereocenters. The number of anilines is 1. The van der Waals surface area contributed by atoms with Gasteiger partial charge in [0.05, 0.1) is 24.9 Å². The molecule has 122 valence electrons. The molecule has 0 N–H and O–H groups in total. The lowest BCUT2D eigenvalue weighted by Crippen LogP contribution is -2.33. The normalized spacial score (nSPS) is 27.2. The van der Waals surface area contributed by atoms with E-state index in [1.165, 1.54) is 0 Å². The number of aryl methyl sites for hydroxylation is 1. The van der Waals surface area contributed by atoms with Gasteiger partial charge in [-0.2, -0.15) is 0 Å². The van der Waals surface area contributed by atoms with Crippen molar-refractivity contribution in [1.29, 1.82) is 0 Å². The van der Waals surface area contributed by atoms with Crippen molar-refractivity contribution in [3.8, 4) is 0 Å². The first-order valence-electron chi connectivity index (χ1n) is 7.92. The van der Waals surface area contributed by atoms with Crippen LogP contribution in [-0.4, -0.2) is 46.6 Å². The van der Waals surface area contributed by atoms with Gasteiger partial charge in [0.15, 0.2) is 0 Å². The van der Waals surface area contributed by atoms with Crippen LogP contribution in [0.15, 0.2) is 24.5 Å². The van der Waals surface area contributed by atoms with Crippen molar-refractivity contribution in [2.75, 3.05) is 24.6 Å². The van der Waals surface area contributed by atoms with Crippen LogP contribution in [0, 0.1) is 6.92 Å². The lowest BCUT2D eigenvalue weighted by molar-refractivity contribution is 0.00580. The minimum Gasteiger partial charge on any atom is -0.371 e. The van der Waals surface area contributed by atoms with Crippen molar-refractivity contribution in [1.82, 2.24) is 15.2 Å². The van der Waals surface area contributed by atoms with Crippen LogP contribution in [0.3, 0.4) is 0 Å². The molecule has 2 aromatic heterocycles. The maximum atomic E-state index is 6.14. The summed E-state index contributed by atoms with van der Waals surface area (Å²) < 4.78 is 12.1. The molecule has 0 saturated carbocycles. The summed E-state index contributed by atoms with van der Waals surface area (Å²) in [5.41, 5.74) is 1.02. The average Bonchev–Trinajstić information content (AvgIpc) is 3.28. The Labute approximate surface area is 139 Å². The molecular formula is C16H20N4O2S. The topological polar surface area (TPSA) is 60.4 Å². The lowest BCUT2D eigenvalue weighted by Gasteiger charge is -2.22. The van der Waals surface area contributed by atoms with Crippen molar-refractivity contribution in [2.45, 2.75) is 38.1 Å². The minimum absolute atomic E-state index is 0.0841. The molecule has 4 rings (SSSR count). The molecule has 1 spiro atoms. The van der Waals surface area contributed by atoms with Gasteiger partial charge in [-0.3, -0.25) is 4.98 Å². The minimum atomic E-state index is -0.0841. The molecule has 4 heterocycles. The molecule has 0 bridgehead atoms. The van der Waals surface area contributed by atoms with Gasteiger partial charge in [-0.1, -0.05) is 17.4 Å². The maximum absolute atomic E-state index is 6.14. The Balaban J connectivity index is 1.33. The molecule has 0 unspecified atom stereocenters. The summed E-state index contributed by atoms with van der Waals surface area (Å²) >= 11 is 1.65. The second-order valence-electron chi connectivity index (χ2n) is 6.27. The van der Waals surface area contributed by atoms with Crippen LogP contribution in [0.1, 0.15) is 23.4 Å². The van der Waals surface area contributed by atoms with Gasteiger partial charge in [-0.05, 0) is 25.0 Å². The fourth-order valence-corrected chi connectivity index (χ4v) is 4.03. The highest BCUT2D eigenvalue weighted by molar-refractivity contribution is 7.15. The van der Waals surface area contributed by atoms with E-state index in [0.29, 0.717) is 13.2 Å². The largest absolute Gasteiger partial charge is 0.371 e. The third-order valence-corrected chi connectivity index (χ3v) is 5.39. The number of ether oxygens (including phenoxy) is 2. The van der Waals surface area contributed by atoms with Gasteiger partial charge in [0.25, 0.3) is 0 Å². The molecule has 2 aliphatic heterocycles. The fourth-order valence-electron chi connectivity index (χ4n) is 3.31. The zero-order chi connectivity index (χ0) is 15.7. The number of nitrogens with zero attached hydrogens (tertiary/aromatic N) is 4. The Morgan fingerprint density at radius 2 is 2.43 bits per heavy atom. The summed E-state index contributed by atoms with van der Waals surface area (Å²) in [6.45, 7) is 5.11. The average molecular weight is 332 g/mol. The van der Waals surface area contributed by atoms with E-state index in [2.05, 4.69) is 20.1 Å². The Morgan fingerprint density at radius 1 is 1.48 bits per heavy atom. The van der Waals surface area contributed by atoms with Crippen LogP contribution in [0.25, 0.3) is 0 Å². The summed E-state index contributed by atoms with van der Waals surface area (Å²) in [4.78, 5) is 6.40. The highest BCUT2D eigenvalue weighted by Crippen LogP contribution is 2.38.